The van der Waals surface area contributed by atoms with E-state index in [0.717, 1.165) is 5.56 Å². The Morgan fingerprint density at radius 3 is 2.60 bits per heavy atom. The lowest BCUT2D eigenvalue weighted by Gasteiger charge is -2.32. The summed E-state index contributed by atoms with van der Waals surface area (Å²) in [4.78, 5) is 11.9. The van der Waals surface area contributed by atoms with Crippen LogP contribution in [0.4, 0.5) is 0 Å². The molecule has 0 unspecified atom stereocenters. The molecule has 2 fully saturated rings. The predicted molar refractivity (Wildman–Crippen MR) is 86.6 cm³/mol. The van der Waals surface area contributed by atoms with Gasteiger partial charge in [-0.3, -0.25) is 4.79 Å². The van der Waals surface area contributed by atoms with Crippen LogP contribution in [-0.2, 0) is 39.8 Å². The second kappa shape index (κ2) is 7.49. The van der Waals surface area contributed by atoms with Crippen LogP contribution in [0.15, 0.2) is 30.3 Å². The molecule has 1 aromatic carbocycles. The maximum atomic E-state index is 11.9. The predicted octanol–water partition coefficient (Wildman–Crippen LogP) is 1.64. The third-order valence-corrected chi connectivity index (χ3v) is 4.20. The summed E-state index contributed by atoms with van der Waals surface area (Å²) in [5, 5.41) is 0. The second-order valence-electron chi connectivity index (χ2n) is 6.63. The zero-order valence-electron chi connectivity index (χ0n) is 14.7. The fourth-order valence-electron chi connectivity index (χ4n) is 3.14. The Hall–Kier alpha value is -1.35. The van der Waals surface area contributed by atoms with Crippen LogP contribution < -0.4 is 0 Å². The molecule has 0 N–H and O–H groups in total. The van der Waals surface area contributed by atoms with Crippen molar-refractivity contribution in [2.75, 3.05) is 20.5 Å². The molecule has 2 aliphatic heterocycles. The first-order valence-electron chi connectivity index (χ1n) is 8.22. The third-order valence-electron chi connectivity index (χ3n) is 4.20. The van der Waals surface area contributed by atoms with E-state index in [1.54, 1.807) is 13.8 Å². The van der Waals surface area contributed by atoms with E-state index >= 15 is 0 Å². The van der Waals surface area contributed by atoms with Crippen LogP contribution in [0, 0.1) is 0 Å². The molecule has 0 bridgehead atoms. The van der Waals surface area contributed by atoms with Crippen molar-refractivity contribution in [3.05, 3.63) is 35.9 Å². The first kappa shape index (κ1) is 18.4. The van der Waals surface area contributed by atoms with Gasteiger partial charge in [0.05, 0.1) is 13.2 Å². The molecule has 2 saturated heterocycles. The number of rotatable bonds is 8. The molecule has 0 amide bonds. The van der Waals surface area contributed by atoms with Crippen LogP contribution in [-0.4, -0.2) is 56.7 Å². The minimum Gasteiger partial charge on any atom is -0.367 e. The zero-order valence-corrected chi connectivity index (χ0v) is 14.7. The smallest absolute Gasteiger partial charge is 0.191 e. The van der Waals surface area contributed by atoms with Gasteiger partial charge in [0.1, 0.15) is 19.0 Å². The summed E-state index contributed by atoms with van der Waals surface area (Å²) in [6.45, 7) is 3.96. The van der Waals surface area contributed by atoms with Gasteiger partial charge in [0.15, 0.2) is 24.0 Å². The van der Waals surface area contributed by atoms with Gasteiger partial charge in [-0.15, -0.1) is 0 Å². The standard InChI is InChI=1S/C18H24O7/c1-17(2)23-14-15(22-9-13-7-5-4-6-8-13)18(10-19,11-21-12-20-3)25-16(14)24-17/h4-8,10,14-16H,9,11-12H2,1-3H3/t14-,15-,16+,18-/m1/s1. The fourth-order valence-corrected chi connectivity index (χ4v) is 3.14. The molecule has 25 heavy (non-hydrogen) atoms. The second-order valence-corrected chi connectivity index (χ2v) is 6.63. The first-order chi connectivity index (χ1) is 12.0. The van der Waals surface area contributed by atoms with Gasteiger partial charge in [-0.25, -0.2) is 0 Å². The minimum absolute atomic E-state index is 0.00998. The van der Waals surface area contributed by atoms with Crippen molar-refractivity contribution in [3.63, 3.8) is 0 Å². The van der Waals surface area contributed by atoms with Gasteiger partial charge in [0.25, 0.3) is 0 Å². The van der Waals surface area contributed by atoms with Gasteiger partial charge in [0.2, 0.25) is 0 Å². The molecule has 0 radical (unpaired) electrons. The van der Waals surface area contributed by atoms with Crippen molar-refractivity contribution in [1.82, 2.24) is 0 Å². The molecule has 4 atom stereocenters. The van der Waals surface area contributed by atoms with Crippen molar-refractivity contribution >= 4 is 6.29 Å². The average Bonchev–Trinajstić information content (AvgIpc) is 3.03. The van der Waals surface area contributed by atoms with Gasteiger partial charge in [0, 0.05) is 7.11 Å². The van der Waals surface area contributed by atoms with Gasteiger partial charge >= 0.3 is 0 Å². The van der Waals surface area contributed by atoms with Crippen molar-refractivity contribution in [1.29, 1.82) is 0 Å². The SMILES string of the molecule is COCOC[C@@]1(C=O)O[C@@H]2OC(C)(C)O[C@@H]2[C@H]1OCc1ccccc1. The van der Waals surface area contributed by atoms with Gasteiger partial charge < -0.3 is 28.4 Å². The molecule has 1 aromatic rings. The van der Waals surface area contributed by atoms with Crippen molar-refractivity contribution in [2.45, 2.75) is 50.3 Å². The summed E-state index contributed by atoms with van der Waals surface area (Å²) in [7, 11) is 1.51. The quantitative estimate of drug-likeness (QED) is 0.400. The lowest BCUT2D eigenvalue weighted by molar-refractivity contribution is -0.248. The molecular weight excluding hydrogens is 328 g/mol. The summed E-state index contributed by atoms with van der Waals surface area (Å²) in [5.41, 5.74) is -0.319. The first-order valence-corrected chi connectivity index (χ1v) is 8.22. The summed E-state index contributed by atoms with van der Waals surface area (Å²) in [6.07, 6.45) is -1.16. The van der Waals surface area contributed by atoms with E-state index < -0.39 is 29.9 Å². The molecule has 7 nitrogen and oxygen atoms in total. The number of hydrogen-bond acceptors (Lipinski definition) is 7. The highest BCUT2D eigenvalue weighted by atomic mass is 16.8. The zero-order chi connectivity index (χ0) is 17.9. The topological polar surface area (TPSA) is 72.5 Å². The summed E-state index contributed by atoms with van der Waals surface area (Å²) in [5.74, 6) is -0.799. The Bertz CT molecular complexity index is 576. The number of methoxy groups -OCH3 is 1. The fraction of sp³-hybridized carbons (Fsp3) is 0.611. The van der Waals surface area contributed by atoms with Crippen LogP contribution in [0.2, 0.25) is 0 Å². The number of carbonyl (C=O) groups excluding carboxylic acids is 1. The number of hydrogen-bond donors (Lipinski definition) is 0. The largest absolute Gasteiger partial charge is 0.367 e. The van der Waals surface area contributed by atoms with Crippen molar-refractivity contribution in [2.24, 2.45) is 0 Å². The molecule has 138 valence electrons. The lowest BCUT2D eigenvalue weighted by Crippen LogP contribution is -2.51. The number of ether oxygens (including phenoxy) is 6. The van der Waals surface area contributed by atoms with E-state index in [2.05, 4.69) is 0 Å². The van der Waals surface area contributed by atoms with E-state index in [-0.39, 0.29) is 13.4 Å². The van der Waals surface area contributed by atoms with Crippen LogP contribution in [0.3, 0.4) is 0 Å². The number of fused-ring (bicyclic) bond motifs is 1. The van der Waals surface area contributed by atoms with Crippen LogP contribution in [0.1, 0.15) is 19.4 Å². The Morgan fingerprint density at radius 2 is 1.92 bits per heavy atom. The van der Waals surface area contributed by atoms with Gasteiger partial charge in [-0.2, -0.15) is 0 Å². The van der Waals surface area contributed by atoms with Crippen LogP contribution in [0.25, 0.3) is 0 Å². The Balaban J connectivity index is 1.77. The van der Waals surface area contributed by atoms with E-state index in [9.17, 15) is 4.79 Å². The van der Waals surface area contributed by atoms with E-state index in [1.165, 1.54) is 7.11 Å². The monoisotopic (exact) mass is 352 g/mol. The molecular formula is C18H24O7. The number of benzene rings is 1. The summed E-state index contributed by atoms with van der Waals surface area (Å²) in [6, 6.07) is 9.70. The highest BCUT2D eigenvalue weighted by molar-refractivity contribution is 5.65. The minimum atomic E-state index is -1.31. The average molecular weight is 352 g/mol. The van der Waals surface area contributed by atoms with E-state index in [0.29, 0.717) is 12.9 Å². The molecule has 2 heterocycles. The van der Waals surface area contributed by atoms with E-state index in [1.807, 2.05) is 30.3 Å². The highest BCUT2D eigenvalue weighted by Crippen LogP contribution is 2.43. The van der Waals surface area contributed by atoms with Crippen molar-refractivity contribution < 1.29 is 33.2 Å². The lowest BCUT2D eigenvalue weighted by atomic mass is 9.97. The molecule has 0 aliphatic carbocycles. The van der Waals surface area contributed by atoms with Gasteiger partial charge in [-0.1, -0.05) is 30.3 Å². The number of carbonyl (C=O) groups is 1. The van der Waals surface area contributed by atoms with E-state index in [4.69, 9.17) is 28.4 Å². The Labute approximate surface area is 147 Å². The maximum Gasteiger partial charge on any atom is 0.191 e. The Morgan fingerprint density at radius 1 is 1.16 bits per heavy atom. The molecule has 0 aromatic heterocycles. The molecule has 7 heteroatoms. The molecule has 2 aliphatic rings. The molecule has 3 rings (SSSR count). The van der Waals surface area contributed by atoms with Gasteiger partial charge in [-0.05, 0) is 19.4 Å². The highest BCUT2D eigenvalue weighted by Gasteiger charge is 2.63. The molecule has 0 saturated carbocycles. The van der Waals surface area contributed by atoms with Crippen LogP contribution in [0.5, 0.6) is 0 Å². The summed E-state index contributed by atoms with van der Waals surface area (Å²) >= 11 is 0. The van der Waals surface area contributed by atoms with Crippen LogP contribution >= 0.6 is 0 Å². The number of aldehydes is 1. The normalized spacial score (nSPS) is 33.3. The third kappa shape index (κ3) is 3.92. The Kier molecular flexibility index (Phi) is 5.52. The molecule has 0 spiro atoms. The summed E-state index contributed by atoms with van der Waals surface area (Å²) < 4.78 is 33.9. The van der Waals surface area contributed by atoms with Crippen molar-refractivity contribution in [3.8, 4) is 0 Å². The maximum absolute atomic E-state index is 11.9.